The zero-order valence-corrected chi connectivity index (χ0v) is 13.3. The highest BCUT2D eigenvalue weighted by Crippen LogP contribution is 2.32. The Bertz CT molecular complexity index is 679. The molecule has 7 heteroatoms. The Morgan fingerprint density at radius 2 is 2.24 bits per heavy atom. The molecule has 2 aromatic rings. The molecule has 0 bridgehead atoms. The van der Waals surface area contributed by atoms with Crippen LogP contribution >= 0.6 is 11.8 Å². The monoisotopic (exact) mass is 305 g/mol. The lowest BCUT2D eigenvalue weighted by molar-refractivity contribution is -0.119. The number of aromatic nitrogens is 4. The largest absolute Gasteiger partial charge is 0.353 e. The minimum absolute atomic E-state index is 0.0408. The smallest absolute Gasteiger partial charge is 0.253 e. The van der Waals surface area contributed by atoms with E-state index >= 15 is 0 Å². The van der Waals surface area contributed by atoms with Gasteiger partial charge in [0, 0.05) is 17.4 Å². The molecule has 0 radical (unpaired) electrons. The molecule has 2 heterocycles. The molecule has 0 spiro atoms. The maximum Gasteiger partial charge on any atom is 0.253 e. The second kappa shape index (κ2) is 5.63. The van der Waals surface area contributed by atoms with Gasteiger partial charge >= 0.3 is 0 Å². The minimum Gasteiger partial charge on any atom is -0.353 e. The average molecular weight is 305 g/mol. The molecule has 2 aromatic heterocycles. The van der Waals surface area contributed by atoms with Crippen LogP contribution in [-0.2, 0) is 4.79 Å². The van der Waals surface area contributed by atoms with Gasteiger partial charge in [-0.25, -0.2) is 9.50 Å². The normalized spacial score (nSPS) is 16.1. The summed E-state index contributed by atoms with van der Waals surface area (Å²) in [5, 5.41) is 7.99. The van der Waals surface area contributed by atoms with Crippen molar-refractivity contribution < 1.29 is 4.79 Å². The van der Waals surface area contributed by atoms with E-state index in [-0.39, 0.29) is 11.9 Å². The van der Waals surface area contributed by atoms with Crippen molar-refractivity contribution in [1.29, 1.82) is 0 Å². The molecule has 0 aliphatic heterocycles. The molecule has 1 atom stereocenters. The molecular formula is C14H19N5OS. The third-order valence-electron chi connectivity index (χ3n) is 3.65. The Morgan fingerprint density at radius 3 is 2.95 bits per heavy atom. The van der Waals surface area contributed by atoms with Crippen LogP contribution in [0.25, 0.3) is 5.78 Å². The molecule has 1 aliphatic rings. The van der Waals surface area contributed by atoms with Gasteiger partial charge in [-0.3, -0.25) is 4.79 Å². The van der Waals surface area contributed by atoms with Gasteiger partial charge in [0.05, 0.1) is 5.75 Å². The first kappa shape index (κ1) is 14.3. The van der Waals surface area contributed by atoms with E-state index in [9.17, 15) is 4.79 Å². The van der Waals surface area contributed by atoms with Crippen LogP contribution in [0.4, 0.5) is 0 Å². The predicted molar refractivity (Wildman–Crippen MR) is 81.3 cm³/mol. The molecular weight excluding hydrogens is 286 g/mol. The Hall–Kier alpha value is -1.63. The van der Waals surface area contributed by atoms with Crippen molar-refractivity contribution in [2.24, 2.45) is 5.92 Å². The summed E-state index contributed by atoms with van der Waals surface area (Å²) in [7, 11) is 0. The van der Waals surface area contributed by atoms with E-state index in [4.69, 9.17) is 0 Å². The number of fused-ring (bicyclic) bond motifs is 1. The summed E-state index contributed by atoms with van der Waals surface area (Å²) in [5.74, 6) is 1.63. The number of nitrogens with zero attached hydrogens (tertiary/aromatic N) is 4. The molecule has 3 rings (SSSR count). The Balaban J connectivity index is 1.62. The van der Waals surface area contributed by atoms with Gasteiger partial charge in [-0.1, -0.05) is 11.8 Å². The molecule has 1 aliphatic carbocycles. The fourth-order valence-electron chi connectivity index (χ4n) is 2.35. The van der Waals surface area contributed by atoms with Gasteiger partial charge in [0.15, 0.2) is 0 Å². The standard InChI is InChI=1S/C14H19N5OS/c1-8-6-9(2)19-13(15-8)17-14(18-19)21-7-12(20)16-10(3)11-4-5-11/h6,10-11H,4-5,7H2,1-3H3,(H,16,20)/t10-/m0/s1. The van der Waals surface area contributed by atoms with E-state index in [1.165, 1.54) is 24.6 Å². The Kier molecular flexibility index (Phi) is 3.84. The lowest BCUT2D eigenvalue weighted by Gasteiger charge is -2.11. The maximum absolute atomic E-state index is 11.9. The Labute approximate surface area is 127 Å². The van der Waals surface area contributed by atoms with Gasteiger partial charge in [-0.2, -0.15) is 4.98 Å². The van der Waals surface area contributed by atoms with Crippen molar-refractivity contribution in [3.63, 3.8) is 0 Å². The third kappa shape index (κ3) is 3.34. The molecule has 21 heavy (non-hydrogen) atoms. The first-order chi connectivity index (χ1) is 10.0. The molecule has 0 aromatic carbocycles. The van der Waals surface area contributed by atoms with E-state index in [0.717, 1.165) is 11.4 Å². The molecule has 6 nitrogen and oxygen atoms in total. The number of thioether (sulfide) groups is 1. The summed E-state index contributed by atoms with van der Waals surface area (Å²) in [6, 6.07) is 2.24. The molecule has 1 amide bonds. The van der Waals surface area contributed by atoms with Crippen molar-refractivity contribution in [3.05, 3.63) is 17.5 Å². The van der Waals surface area contributed by atoms with E-state index in [1.54, 1.807) is 4.52 Å². The van der Waals surface area contributed by atoms with Gasteiger partial charge in [-0.15, -0.1) is 5.10 Å². The predicted octanol–water partition coefficient (Wildman–Crippen LogP) is 1.75. The zero-order chi connectivity index (χ0) is 15.0. The first-order valence-corrected chi connectivity index (χ1v) is 8.14. The molecule has 0 saturated heterocycles. The summed E-state index contributed by atoms with van der Waals surface area (Å²) in [5.41, 5.74) is 1.91. The van der Waals surface area contributed by atoms with Crippen molar-refractivity contribution in [2.45, 2.75) is 44.8 Å². The second-order valence-corrected chi connectivity index (χ2v) is 6.57. The minimum atomic E-state index is 0.0408. The van der Waals surface area contributed by atoms with E-state index in [2.05, 4.69) is 27.3 Å². The van der Waals surface area contributed by atoms with Crippen LogP contribution in [0.15, 0.2) is 11.2 Å². The summed E-state index contributed by atoms with van der Waals surface area (Å²) in [4.78, 5) is 20.6. The molecule has 1 fully saturated rings. The quantitative estimate of drug-likeness (QED) is 0.852. The fourth-order valence-corrected chi connectivity index (χ4v) is 2.98. The summed E-state index contributed by atoms with van der Waals surface area (Å²) >= 11 is 1.35. The molecule has 0 unspecified atom stereocenters. The highest BCUT2D eigenvalue weighted by molar-refractivity contribution is 7.99. The van der Waals surface area contributed by atoms with Crippen LogP contribution < -0.4 is 5.32 Å². The Morgan fingerprint density at radius 1 is 1.48 bits per heavy atom. The molecule has 1 N–H and O–H groups in total. The zero-order valence-electron chi connectivity index (χ0n) is 12.5. The SMILES string of the molecule is Cc1cc(C)n2nc(SCC(=O)N[C@@H](C)C3CC3)nc2n1. The number of amides is 1. The number of hydrogen-bond donors (Lipinski definition) is 1. The number of carbonyl (C=O) groups excluding carboxylic acids is 1. The van der Waals surface area contributed by atoms with Crippen molar-refractivity contribution in [1.82, 2.24) is 24.9 Å². The number of carbonyl (C=O) groups is 1. The third-order valence-corrected chi connectivity index (χ3v) is 4.49. The van der Waals surface area contributed by atoms with Gasteiger partial charge in [-0.05, 0) is 45.6 Å². The summed E-state index contributed by atoms with van der Waals surface area (Å²) < 4.78 is 1.71. The number of aryl methyl sites for hydroxylation is 2. The van der Waals surface area contributed by atoms with E-state index in [1.807, 2.05) is 19.9 Å². The lowest BCUT2D eigenvalue weighted by atomic mass is 10.2. The summed E-state index contributed by atoms with van der Waals surface area (Å²) in [6.07, 6.45) is 2.46. The van der Waals surface area contributed by atoms with Crippen LogP contribution in [0.2, 0.25) is 0 Å². The van der Waals surface area contributed by atoms with Crippen LogP contribution in [0, 0.1) is 19.8 Å². The first-order valence-electron chi connectivity index (χ1n) is 7.16. The second-order valence-electron chi connectivity index (χ2n) is 5.63. The molecule has 1 saturated carbocycles. The van der Waals surface area contributed by atoms with Crippen LogP contribution in [0.5, 0.6) is 0 Å². The van der Waals surface area contributed by atoms with Crippen LogP contribution in [0.3, 0.4) is 0 Å². The van der Waals surface area contributed by atoms with Gasteiger partial charge < -0.3 is 5.32 Å². The van der Waals surface area contributed by atoms with Crippen molar-refractivity contribution >= 4 is 23.4 Å². The van der Waals surface area contributed by atoms with Gasteiger partial charge in [0.1, 0.15) is 0 Å². The van der Waals surface area contributed by atoms with E-state index in [0.29, 0.717) is 22.6 Å². The van der Waals surface area contributed by atoms with Gasteiger partial charge in [0.2, 0.25) is 11.1 Å². The maximum atomic E-state index is 11.9. The summed E-state index contributed by atoms with van der Waals surface area (Å²) in [6.45, 7) is 5.97. The van der Waals surface area contributed by atoms with Crippen LogP contribution in [-0.4, -0.2) is 37.3 Å². The number of hydrogen-bond acceptors (Lipinski definition) is 5. The molecule has 112 valence electrons. The highest BCUT2D eigenvalue weighted by Gasteiger charge is 2.28. The topological polar surface area (TPSA) is 72.2 Å². The van der Waals surface area contributed by atoms with Gasteiger partial charge in [0.25, 0.3) is 5.78 Å². The highest BCUT2D eigenvalue weighted by atomic mass is 32.2. The van der Waals surface area contributed by atoms with Crippen molar-refractivity contribution in [3.8, 4) is 0 Å². The van der Waals surface area contributed by atoms with E-state index < -0.39 is 0 Å². The van der Waals surface area contributed by atoms with Crippen molar-refractivity contribution in [2.75, 3.05) is 5.75 Å². The average Bonchev–Trinajstić information content (AvgIpc) is 3.17. The number of rotatable bonds is 5. The lowest BCUT2D eigenvalue weighted by Crippen LogP contribution is -2.35. The fraction of sp³-hybridized carbons (Fsp3) is 0.571. The number of nitrogens with one attached hydrogen (secondary N) is 1. The van der Waals surface area contributed by atoms with Crippen LogP contribution in [0.1, 0.15) is 31.2 Å².